The number of carbonyl (C=O) groups is 4. The van der Waals surface area contributed by atoms with Crippen LogP contribution in [0.2, 0.25) is 5.02 Å². The summed E-state index contributed by atoms with van der Waals surface area (Å²) in [6.07, 6.45) is 0.951. The van der Waals surface area contributed by atoms with Crippen LogP contribution in [0.15, 0.2) is 54.6 Å². The van der Waals surface area contributed by atoms with Gasteiger partial charge in [-0.3, -0.25) is 19.8 Å². The molecule has 3 aromatic rings. The summed E-state index contributed by atoms with van der Waals surface area (Å²) in [5.41, 5.74) is 2.16. The van der Waals surface area contributed by atoms with Gasteiger partial charge in [0.2, 0.25) is 0 Å². The van der Waals surface area contributed by atoms with Gasteiger partial charge < -0.3 is 10.6 Å². The van der Waals surface area contributed by atoms with Crippen LogP contribution in [0.1, 0.15) is 28.6 Å². The number of benzene rings is 2. The second-order valence-electron chi connectivity index (χ2n) is 7.85. The lowest BCUT2D eigenvalue weighted by molar-refractivity contribution is -0.138. The lowest BCUT2D eigenvalue weighted by atomic mass is 9.93. The fourth-order valence-electron chi connectivity index (χ4n) is 3.56. The number of nitrogens with one attached hydrogen (secondary N) is 3. The Morgan fingerprint density at radius 2 is 1.79 bits per heavy atom. The zero-order valence-electron chi connectivity index (χ0n) is 17.7. The van der Waals surface area contributed by atoms with Gasteiger partial charge in [0.25, 0.3) is 17.7 Å². The standard InChI is InChI=1S/C23H21ClN4O4S/c1-23(12-11-14-7-3-2-4-8-14)21(31)28(22(32)26-23)27-17(29)13-25-20(30)19-18(24)15-9-5-6-10-16(15)33-19/h2-10H,11-13H2,1H3,(H,25,30)(H,26,32)(H,27,29). The number of hydrazine groups is 1. The van der Waals surface area contributed by atoms with Gasteiger partial charge in [0.05, 0.1) is 11.6 Å². The molecule has 0 radical (unpaired) electrons. The molecule has 0 aliphatic carbocycles. The van der Waals surface area contributed by atoms with Crippen molar-refractivity contribution in [3.63, 3.8) is 0 Å². The average molecular weight is 485 g/mol. The Balaban J connectivity index is 1.34. The van der Waals surface area contributed by atoms with Crippen LogP contribution in [0.3, 0.4) is 0 Å². The van der Waals surface area contributed by atoms with E-state index in [1.807, 2.05) is 54.6 Å². The predicted molar refractivity (Wildman–Crippen MR) is 126 cm³/mol. The molecule has 3 N–H and O–H groups in total. The van der Waals surface area contributed by atoms with Crippen LogP contribution < -0.4 is 16.1 Å². The molecule has 0 bridgehead atoms. The van der Waals surface area contributed by atoms with Crippen molar-refractivity contribution >= 4 is 56.8 Å². The van der Waals surface area contributed by atoms with Crippen molar-refractivity contribution in [1.82, 2.24) is 21.1 Å². The number of rotatable bonds is 7. The van der Waals surface area contributed by atoms with Gasteiger partial charge >= 0.3 is 6.03 Å². The van der Waals surface area contributed by atoms with E-state index in [4.69, 9.17) is 11.6 Å². The van der Waals surface area contributed by atoms with Crippen molar-refractivity contribution in [2.24, 2.45) is 0 Å². The molecule has 0 saturated carbocycles. The van der Waals surface area contributed by atoms with E-state index in [0.29, 0.717) is 22.9 Å². The molecular weight excluding hydrogens is 464 g/mol. The fourth-order valence-corrected chi connectivity index (χ4v) is 4.99. The first-order valence-electron chi connectivity index (χ1n) is 10.2. The zero-order valence-corrected chi connectivity index (χ0v) is 19.3. The number of imide groups is 1. The quantitative estimate of drug-likeness (QED) is 0.447. The van der Waals surface area contributed by atoms with Gasteiger partial charge in [-0.05, 0) is 31.4 Å². The van der Waals surface area contributed by atoms with E-state index >= 15 is 0 Å². The summed E-state index contributed by atoms with van der Waals surface area (Å²) in [7, 11) is 0. The Kier molecular flexibility index (Phi) is 6.35. The first kappa shape index (κ1) is 22.8. The van der Waals surface area contributed by atoms with Gasteiger partial charge in [-0.2, -0.15) is 5.01 Å². The summed E-state index contributed by atoms with van der Waals surface area (Å²) in [5, 5.41) is 6.85. The smallest absolute Gasteiger partial charge is 0.342 e. The number of halogens is 1. The number of thiophene rings is 1. The van der Waals surface area contributed by atoms with Crippen LogP contribution >= 0.6 is 22.9 Å². The molecule has 33 heavy (non-hydrogen) atoms. The van der Waals surface area contributed by atoms with Crippen LogP contribution in [0.4, 0.5) is 4.79 Å². The normalized spacial score (nSPS) is 17.8. The number of urea groups is 1. The van der Waals surface area contributed by atoms with Crippen LogP contribution in [-0.2, 0) is 16.0 Å². The molecule has 170 valence electrons. The highest BCUT2D eigenvalue weighted by molar-refractivity contribution is 7.21. The number of carbonyl (C=O) groups excluding carboxylic acids is 4. The number of nitrogens with zero attached hydrogens (tertiary/aromatic N) is 1. The van der Waals surface area contributed by atoms with Crippen molar-refractivity contribution in [2.45, 2.75) is 25.3 Å². The molecule has 5 amide bonds. The van der Waals surface area contributed by atoms with Gasteiger partial charge in [0.15, 0.2) is 0 Å². The Hall–Kier alpha value is -3.43. The minimum atomic E-state index is -1.14. The molecule has 10 heteroatoms. The number of hydrogen-bond donors (Lipinski definition) is 3. The third-order valence-electron chi connectivity index (χ3n) is 5.40. The number of hydrogen-bond acceptors (Lipinski definition) is 5. The van der Waals surface area contributed by atoms with E-state index in [9.17, 15) is 19.2 Å². The lowest BCUT2D eigenvalue weighted by Gasteiger charge is -2.21. The van der Waals surface area contributed by atoms with Crippen molar-refractivity contribution in [3.8, 4) is 0 Å². The molecule has 2 aromatic carbocycles. The van der Waals surface area contributed by atoms with E-state index < -0.39 is 35.8 Å². The molecule has 1 unspecified atom stereocenters. The van der Waals surface area contributed by atoms with Crippen molar-refractivity contribution in [2.75, 3.05) is 6.54 Å². The van der Waals surface area contributed by atoms with Crippen LogP contribution in [-0.4, -0.2) is 40.8 Å². The van der Waals surface area contributed by atoms with Crippen LogP contribution in [0.5, 0.6) is 0 Å². The molecule has 1 aliphatic rings. The first-order chi connectivity index (χ1) is 15.8. The largest absolute Gasteiger partial charge is 0.344 e. The SMILES string of the molecule is CC1(CCc2ccccc2)NC(=O)N(NC(=O)CNC(=O)c2sc3ccccc3c2Cl)C1=O. The van der Waals surface area contributed by atoms with E-state index in [-0.39, 0.29) is 4.88 Å². The van der Waals surface area contributed by atoms with Crippen LogP contribution in [0.25, 0.3) is 10.1 Å². The molecule has 1 atom stereocenters. The Morgan fingerprint density at radius 3 is 2.52 bits per heavy atom. The Morgan fingerprint density at radius 1 is 1.09 bits per heavy atom. The Labute approximate surface area is 198 Å². The maximum absolute atomic E-state index is 12.8. The summed E-state index contributed by atoms with van der Waals surface area (Å²) in [6, 6.07) is 16.2. The molecule has 1 saturated heterocycles. The summed E-state index contributed by atoms with van der Waals surface area (Å²) in [4.78, 5) is 50.3. The zero-order chi connectivity index (χ0) is 23.6. The van der Waals surface area contributed by atoms with Crippen molar-refractivity contribution in [1.29, 1.82) is 0 Å². The average Bonchev–Trinajstić information content (AvgIpc) is 3.26. The summed E-state index contributed by atoms with van der Waals surface area (Å²) in [5.74, 6) is -1.78. The lowest BCUT2D eigenvalue weighted by Crippen LogP contribution is -2.51. The fraction of sp³-hybridized carbons (Fsp3) is 0.217. The maximum Gasteiger partial charge on any atom is 0.344 e. The third-order valence-corrected chi connectivity index (χ3v) is 7.08. The number of aryl methyl sites for hydroxylation is 1. The van der Waals surface area contributed by atoms with Crippen molar-refractivity contribution < 1.29 is 19.2 Å². The highest BCUT2D eigenvalue weighted by atomic mass is 35.5. The van der Waals surface area contributed by atoms with Gasteiger partial charge in [-0.1, -0.05) is 60.1 Å². The molecule has 0 spiro atoms. The molecule has 1 fully saturated rings. The molecule has 2 heterocycles. The monoisotopic (exact) mass is 484 g/mol. The number of amides is 5. The summed E-state index contributed by atoms with van der Waals surface area (Å²) < 4.78 is 0.853. The predicted octanol–water partition coefficient (Wildman–Crippen LogP) is 3.26. The minimum absolute atomic E-state index is 0.286. The van der Waals surface area contributed by atoms with E-state index in [2.05, 4.69) is 16.1 Å². The van der Waals surface area contributed by atoms with E-state index in [0.717, 1.165) is 15.6 Å². The first-order valence-corrected chi connectivity index (χ1v) is 11.4. The van der Waals surface area contributed by atoms with Crippen LogP contribution in [0, 0.1) is 0 Å². The third kappa shape index (κ3) is 4.69. The molecule has 1 aliphatic heterocycles. The van der Waals surface area contributed by atoms with Gasteiger partial charge in [0.1, 0.15) is 10.4 Å². The minimum Gasteiger partial charge on any atom is -0.342 e. The van der Waals surface area contributed by atoms with Crippen molar-refractivity contribution in [3.05, 3.63) is 70.1 Å². The second-order valence-corrected chi connectivity index (χ2v) is 9.28. The highest BCUT2D eigenvalue weighted by Crippen LogP contribution is 2.34. The molecule has 8 nitrogen and oxygen atoms in total. The van der Waals surface area contributed by atoms with Gasteiger partial charge in [0, 0.05) is 10.1 Å². The van der Waals surface area contributed by atoms with Gasteiger partial charge in [-0.15, -0.1) is 11.3 Å². The van der Waals surface area contributed by atoms with E-state index in [1.54, 1.807) is 6.92 Å². The molecule has 4 rings (SSSR count). The summed E-state index contributed by atoms with van der Waals surface area (Å²) >= 11 is 7.51. The highest BCUT2D eigenvalue weighted by Gasteiger charge is 2.48. The van der Waals surface area contributed by atoms with E-state index in [1.165, 1.54) is 11.3 Å². The second kappa shape index (κ2) is 9.21. The number of fused-ring (bicyclic) bond motifs is 1. The topological polar surface area (TPSA) is 108 Å². The molecular formula is C23H21ClN4O4S. The Bertz CT molecular complexity index is 1250. The molecule has 1 aromatic heterocycles. The van der Waals surface area contributed by atoms with Gasteiger partial charge in [-0.25, -0.2) is 4.79 Å². The summed E-state index contributed by atoms with van der Waals surface area (Å²) in [6.45, 7) is 1.19. The maximum atomic E-state index is 12.8.